The van der Waals surface area contributed by atoms with Crippen LogP contribution >= 0.6 is 0 Å². The average molecular weight is 268 g/mol. The topological polar surface area (TPSA) is 52.6 Å². The minimum absolute atomic E-state index is 0.215. The van der Waals surface area contributed by atoms with E-state index in [2.05, 4.69) is 17.3 Å². The van der Waals surface area contributed by atoms with Gasteiger partial charge in [0.15, 0.2) is 0 Å². The van der Waals surface area contributed by atoms with E-state index >= 15 is 0 Å². The summed E-state index contributed by atoms with van der Waals surface area (Å²) in [5, 5.41) is 12.9. The Kier molecular flexibility index (Phi) is 4.51. The van der Waals surface area contributed by atoms with Gasteiger partial charge in [0.2, 0.25) is 0 Å². The highest BCUT2D eigenvalue weighted by Crippen LogP contribution is 2.35. The quantitative estimate of drug-likeness (QED) is 0.774. The molecule has 0 bridgehead atoms. The summed E-state index contributed by atoms with van der Waals surface area (Å²) in [6.07, 6.45) is 6.56. The fraction of sp³-hybridized carbons (Fsp3) is 0.933. The first-order valence-electron chi connectivity index (χ1n) is 7.64. The van der Waals surface area contributed by atoms with Gasteiger partial charge in [-0.05, 0) is 58.9 Å². The van der Waals surface area contributed by atoms with Gasteiger partial charge in [-0.3, -0.25) is 10.1 Å². The molecular formula is C15H28N2O2. The molecule has 2 rings (SSSR count). The molecule has 19 heavy (non-hydrogen) atoms. The van der Waals surface area contributed by atoms with Gasteiger partial charge in [-0.2, -0.15) is 0 Å². The second kappa shape index (κ2) is 5.80. The number of aliphatic carboxylic acids is 1. The van der Waals surface area contributed by atoms with Crippen LogP contribution in [-0.2, 0) is 4.79 Å². The molecule has 2 unspecified atom stereocenters. The summed E-state index contributed by atoms with van der Waals surface area (Å²) in [4.78, 5) is 14.0. The Hall–Kier alpha value is -0.610. The van der Waals surface area contributed by atoms with E-state index in [1.165, 1.54) is 19.3 Å². The zero-order valence-corrected chi connectivity index (χ0v) is 12.5. The van der Waals surface area contributed by atoms with Crippen LogP contribution in [0.25, 0.3) is 0 Å². The lowest BCUT2D eigenvalue weighted by Crippen LogP contribution is -2.54. The molecule has 2 aliphatic carbocycles. The van der Waals surface area contributed by atoms with Crippen LogP contribution < -0.4 is 5.32 Å². The molecule has 2 fully saturated rings. The zero-order valence-electron chi connectivity index (χ0n) is 12.5. The molecular weight excluding hydrogens is 240 g/mol. The zero-order chi connectivity index (χ0) is 14.0. The van der Waals surface area contributed by atoms with E-state index in [0.717, 1.165) is 31.7 Å². The summed E-state index contributed by atoms with van der Waals surface area (Å²) < 4.78 is 0. The summed E-state index contributed by atoms with van der Waals surface area (Å²) in [6.45, 7) is 5.19. The standard InChI is InChI=1S/C15H28N2O2/c1-11(2)16-15(14(18)19)8-7-13(9-15)17(3)10-12-5-4-6-12/h11-13,16H,4-10H2,1-3H3,(H,18,19). The molecule has 2 aliphatic rings. The largest absolute Gasteiger partial charge is 0.480 e. The van der Waals surface area contributed by atoms with Crippen LogP contribution in [0, 0.1) is 5.92 Å². The van der Waals surface area contributed by atoms with Crippen molar-refractivity contribution < 1.29 is 9.90 Å². The number of carbonyl (C=O) groups is 1. The van der Waals surface area contributed by atoms with Gasteiger partial charge in [-0.1, -0.05) is 6.42 Å². The molecule has 2 saturated carbocycles. The Morgan fingerprint density at radius 3 is 2.58 bits per heavy atom. The summed E-state index contributed by atoms with van der Waals surface area (Å²) in [5.41, 5.74) is -0.702. The third-order valence-corrected chi connectivity index (χ3v) is 4.86. The van der Waals surface area contributed by atoms with Crippen molar-refractivity contribution in [2.24, 2.45) is 5.92 Å². The molecule has 0 spiro atoms. The highest BCUT2D eigenvalue weighted by molar-refractivity contribution is 5.79. The second-order valence-corrected chi connectivity index (χ2v) is 6.82. The lowest BCUT2D eigenvalue weighted by Gasteiger charge is -2.34. The van der Waals surface area contributed by atoms with Crippen molar-refractivity contribution in [3.05, 3.63) is 0 Å². The molecule has 0 saturated heterocycles. The Labute approximate surface area is 116 Å². The van der Waals surface area contributed by atoms with Crippen molar-refractivity contribution in [1.29, 1.82) is 0 Å². The van der Waals surface area contributed by atoms with Crippen LogP contribution in [-0.4, -0.2) is 47.2 Å². The average Bonchev–Trinajstić information content (AvgIpc) is 2.68. The summed E-state index contributed by atoms with van der Waals surface area (Å²) >= 11 is 0. The predicted octanol–water partition coefficient (Wildman–Crippen LogP) is 2.09. The molecule has 0 aliphatic heterocycles. The van der Waals surface area contributed by atoms with Gasteiger partial charge in [0.05, 0.1) is 0 Å². The van der Waals surface area contributed by atoms with Gasteiger partial charge in [-0.25, -0.2) is 0 Å². The van der Waals surface area contributed by atoms with Crippen LogP contribution in [0.1, 0.15) is 52.4 Å². The first-order valence-corrected chi connectivity index (χ1v) is 7.64. The van der Waals surface area contributed by atoms with Crippen molar-refractivity contribution >= 4 is 5.97 Å². The highest BCUT2D eigenvalue weighted by Gasteiger charge is 2.46. The van der Waals surface area contributed by atoms with Gasteiger partial charge >= 0.3 is 5.97 Å². The number of nitrogens with one attached hydrogen (secondary N) is 1. The van der Waals surface area contributed by atoms with E-state index in [9.17, 15) is 9.90 Å². The fourth-order valence-electron chi connectivity index (χ4n) is 3.57. The summed E-state index contributed by atoms with van der Waals surface area (Å²) in [6, 6.07) is 0.634. The van der Waals surface area contributed by atoms with Crippen molar-refractivity contribution in [3.8, 4) is 0 Å². The highest BCUT2D eigenvalue weighted by atomic mass is 16.4. The first-order chi connectivity index (χ1) is 8.93. The minimum Gasteiger partial charge on any atom is -0.480 e. The second-order valence-electron chi connectivity index (χ2n) is 6.82. The predicted molar refractivity (Wildman–Crippen MR) is 76.2 cm³/mol. The molecule has 0 aromatic heterocycles. The van der Waals surface area contributed by atoms with Crippen LogP contribution in [0.2, 0.25) is 0 Å². The number of hydrogen-bond acceptors (Lipinski definition) is 3. The number of carboxylic acid groups (broad SMARTS) is 1. The number of nitrogens with zero attached hydrogens (tertiary/aromatic N) is 1. The normalized spacial score (nSPS) is 31.9. The number of carboxylic acids is 1. The first kappa shape index (κ1) is 14.8. The van der Waals surface area contributed by atoms with Crippen molar-refractivity contribution in [2.75, 3.05) is 13.6 Å². The van der Waals surface area contributed by atoms with Crippen molar-refractivity contribution in [3.63, 3.8) is 0 Å². The molecule has 4 heteroatoms. The van der Waals surface area contributed by atoms with Crippen molar-refractivity contribution in [2.45, 2.75) is 70.0 Å². The maximum atomic E-state index is 11.6. The van der Waals surface area contributed by atoms with Gasteiger partial charge in [0.1, 0.15) is 5.54 Å². The Morgan fingerprint density at radius 2 is 2.11 bits per heavy atom. The minimum atomic E-state index is -0.702. The smallest absolute Gasteiger partial charge is 0.323 e. The van der Waals surface area contributed by atoms with E-state index in [1.807, 2.05) is 13.8 Å². The van der Waals surface area contributed by atoms with Crippen LogP contribution in [0.4, 0.5) is 0 Å². The number of rotatable bonds is 6. The molecule has 0 aromatic carbocycles. The van der Waals surface area contributed by atoms with Gasteiger partial charge in [-0.15, -0.1) is 0 Å². The van der Waals surface area contributed by atoms with Crippen LogP contribution in [0.15, 0.2) is 0 Å². The third kappa shape index (κ3) is 3.29. The Balaban J connectivity index is 1.93. The maximum Gasteiger partial charge on any atom is 0.323 e. The molecule has 4 nitrogen and oxygen atoms in total. The van der Waals surface area contributed by atoms with Crippen molar-refractivity contribution in [1.82, 2.24) is 10.2 Å². The SMILES string of the molecule is CC(C)NC1(C(=O)O)CCC(N(C)CC2CCC2)C1. The molecule has 2 N–H and O–H groups in total. The number of hydrogen-bond donors (Lipinski definition) is 2. The molecule has 0 amide bonds. The van der Waals surface area contributed by atoms with Gasteiger partial charge < -0.3 is 10.0 Å². The van der Waals surface area contributed by atoms with Gasteiger partial charge in [0.25, 0.3) is 0 Å². The van der Waals surface area contributed by atoms with Crippen LogP contribution in [0.5, 0.6) is 0 Å². The molecule has 2 atom stereocenters. The third-order valence-electron chi connectivity index (χ3n) is 4.86. The molecule has 0 heterocycles. The summed E-state index contributed by atoms with van der Waals surface area (Å²) in [7, 11) is 2.16. The Morgan fingerprint density at radius 1 is 1.42 bits per heavy atom. The lowest BCUT2D eigenvalue weighted by molar-refractivity contribution is -0.145. The van der Waals surface area contributed by atoms with E-state index in [0.29, 0.717) is 6.04 Å². The monoisotopic (exact) mass is 268 g/mol. The maximum absolute atomic E-state index is 11.6. The van der Waals surface area contributed by atoms with Crippen LogP contribution in [0.3, 0.4) is 0 Å². The molecule has 0 radical (unpaired) electrons. The molecule has 0 aromatic rings. The summed E-state index contributed by atoms with van der Waals surface area (Å²) in [5.74, 6) is 0.170. The Bertz CT molecular complexity index is 328. The fourth-order valence-corrected chi connectivity index (χ4v) is 3.57. The van der Waals surface area contributed by atoms with E-state index < -0.39 is 11.5 Å². The van der Waals surface area contributed by atoms with E-state index in [4.69, 9.17) is 0 Å². The van der Waals surface area contributed by atoms with Gasteiger partial charge in [0, 0.05) is 18.6 Å². The van der Waals surface area contributed by atoms with E-state index in [1.54, 1.807) is 0 Å². The lowest BCUT2D eigenvalue weighted by atomic mass is 9.85. The van der Waals surface area contributed by atoms with E-state index in [-0.39, 0.29) is 6.04 Å². The molecule has 110 valence electrons.